The van der Waals surface area contributed by atoms with Crippen LogP contribution in [0.15, 0.2) is 0 Å². The molecule has 0 aromatic carbocycles. The second-order valence-electron chi connectivity index (χ2n) is 7.61. The Bertz CT molecular complexity index is 381. The van der Waals surface area contributed by atoms with Gasteiger partial charge in [-0.3, -0.25) is 4.79 Å². The van der Waals surface area contributed by atoms with Gasteiger partial charge in [0.25, 0.3) is 0 Å². The zero-order valence-corrected chi connectivity index (χ0v) is 14.2. The Morgan fingerprint density at radius 2 is 1.73 bits per heavy atom. The van der Waals surface area contributed by atoms with Crippen LogP contribution < -0.4 is 0 Å². The lowest BCUT2D eigenvalue weighted by molar-refractivity contribution is -0.138. The van der Waals surface area contributed by atoms with Crippen LogP contribution in [0.5, 0.6) is 0 Å². The van der Waals surface area contributed by atoms with Crippen LogP contribution in [0.2, 0.25) is 0 Å². The van der Waals surface area contributed by atoms with Crippen molar-refractivity contribution in [3.63, 3.8) is 0 Å². The summed E-state index contributed by atoms with van der Waals surface area (Å²) in [4.78, 5) is 19.6. The van der Waals surface area contributed by atoms with Gasteiger partial charge >= 0.3 is 0 Å². The fraction of sp³-hybridized carbons (Fsp3) is 0.941. The van der Waals surface area contributed by atoms with Gasteiger partial charge in [0, 0.05) is 51.2 Å². The molecular weight excluding hydrogens is 278 g/mol. The number of nitrogens with zero attached hydrogens (tertiary/aromatic N) is 3. The Labute approximate surface area is 134 Å². The predicted molar refractivity (Wildman–Crippen MR) is 86.8 cm³/mol. The third-order valence-electron chi connectivity index (χ3n) is 5.72. The van der Waals surface area contributed by atoms with E-state index in [4.69, 9.17) is 4.74 Å². The molecule has 1 saturated carbocycles. The SMILES string of the molecule is COCC1(CN2CCC(C(=O)N3CCN(C)CC3)CC2)CC1. The van der Waals surface area contributed by atoms with E-state index in [1.54, 1.807) is 7.11 Å². The molecule has 0 unspecified atom stereocenters. The number of hydrogen-bond acceptors (Lipinski definition) is 4. The lowest BCUT2D eigenvalue weighted by Gasteiger charge is -2.38. The number of piperazine rings is 1. The smallest absolute Gasteiger partial charge is 0.225 e. The number of ether oxygens (including phenoxy) is 1. The highest BCUT2D eigenvalue weighted by Gasteiger charge is 2.44. The molecule has 22 heavy (non-hydrogen) atoms. The molecule has 3 aliphatic rings. The minimum atomic E-state index is 0.261. The summed E-state index contributed by atoms with van der Waals surface area (Å²) >= 11 is 0. The highest BCUT2D eigenvalue weighted by molar-refractivity contribution is 5.79. The van der Waals surface area contributed by atoms with Crippen LogP contribution in [0.4, 0.5) is 0 Å². The van der Waals surface area contributed by atoms with Gasteiger partial charge in [-0.1, -0.05) is 0 Å². The molecule has 3 rings (SSSR count). The molecule has 2 heterocycles. The first-order valence-electron chi connectivity index (χ1n) is 8.80. The minimum Gasteiger partial charge on any atom is -0.384 e. The van der Waals surface area contributed by atoms with Crippen molar-refractivity contribution in [1.82, 2.24) is 14.7 Å². The summed E-state index contributed by atoms with van der Waals surface area (Å²) in [6.07, 6.45) is 4.68. The van der Waals surface area contributed by atoms with E-state index >= 15 is 0 Å². The standard InChI is InChI=1S/C17H31N3O2/c1-18-9-11-20(12-10-18)16(21)15-3-7-19(8-4-15)13-17(5-6-17)14-22-2/h15H,3-14H2,1-2H3. The van der Waals surface area contributed by atoms with Gasteiger partial charge in [-0.2, -0.15) is 0 Å². The molecule has 5 heteroatoms. The van der Waals surface area contributed by atoms with Gasteiger partial charge in [0.2, 0.25) is 5.91 Å². The number of carbonyl (C=O) groups excluding carboxylic acids is 1. The molecule has 3 fully saturated rings. The van der Waals surface area contributed by atoms with Gasteiger partial charge in [0.05, 0.1) is 6.61 Å². The average molecular weight is 309 g/mol. The van der Waals surface area contributed by atoms with Crippen molar-refractivity contribution in [3.8, 4) is 0 Å². The third-order valence-corrected chi connectivity index (χ3v) is 5.72. The third kappa shape index (κ3) is 3.81. The first-order chi connectivity index (χ1) is 10.6. The summed E-state index contributed by atoms with van der Waals surface area (Å²) < 4.78 is 5.37. The molecular formula is C17H31N3O2. The highest BCUT2D eigenvalue weighted by atomic mass is 16.5. The second kappa shape index (κ2) is 6.85. The van der Waals surface area contributed by atoms with Gasteiger partial charge in [-0.25, -0.2) is 0 Å². The van der Waals surface area contributed by atoms with Gasteiger partial charge in [0.15, 0.2) is 0 Å². The number of carbonyl (C=O) groups is 1. The van der Waals surface area contributed by atoms with Crippen molar-refractivity contribution in [2.45, 2.75) is 25.7 Å². The lowest BCUT2D eigenvalue weighted by atomic mass is 9.94. The van der Waals surface area contributed by atoms with Crippen LogP contribution in [0.25, 0.3) is 0 Å². The molecule has 0 atom stereocenters. The largest absolute Gasteiger partial charge is 0.384 e. The molecule has 1 amide bonds. The Morgan fingerprint density at radius 1 is 1.09 bits per heavy atom. The molecule has 0 spiro atoms. The fourth-order valence-corrected chi connectivity index (χ4v) is 3.93. The van der Waals surface area contributed by atoms with E-state index in [1.807, 2.05) is 0 Å². The maximum atomic E-state index is 12.6. The second-order valence-corrected chi connectivity index (χ2v) is 7.61. The van der Waals surface area contributed by atoms with Crippen LogP contribution in [-0.4, -0.2) is 87.2 Å². The summed E-state index contributed by atoms with van der Waals surface area (Å²) in [6.45, 7) is 8.07. The molecule has 1 aliphatic carbocycles. The number of rotatable bonds is 5. The van der Waals surface area contributed by atoms with Gasteiger partial charge in [-0.05, 0) is 45.8 Å². The van der Waals surface area contributed by atoms with Crippen LogP contribution in [0.3, 0.4) is 0 Å². The number of piperidine rings is 1. The van der Waals surface area contributed by atoms with Gasteiger partial charge < -0.3 is 19.4 Å². The highest BCUT2D eigenvalue weighted by Crippen LogP contribution is 2.46. The Morgan fingerprint density at radius 3 is 2.27 bits per heavy atom. The molecule has 2 saturated heterocycles. The molecule has 0 aromatic rings. The minimum absolute atomic E-state index is 0.261. The van der Waals surface area contributed by atoms with Crippen molar-refractivity contribution in [1.29, 1.82) is 0 Å². The van der Waals surface area contributed by atoms with Gasteiger partial charge in [0.1, 0.15) is 0 Å². The van der Waals surface area contributed by atoms with Crippen molar-refractivity contribution in [2.24, 2.45) is 11.3 Å². The molecule has 2 aliphatic heterocycles. The van der Waals surface area contributed by atoms with Crippen molar-refractivity contribution < 1.29 is 9.53 Å². The Balaban J connectivity index is 1.42. The molecule has 0 N–H and O–H groups in total. The van der Waals surface area contributed by atoms with Crippen LogP contribution >= 0.6 is 0 Å². The Hall–Kier alpha value is -0.650. The molecule has 0 bridgehead atoms. The molecule has 0 radical (unpaired) electrons. The van der Waals surface area contributed by atoms with Crippen LogP contribution in [0, 0.1) is 11.3 Å². The number of methoxy groups -OCH3 is 1. The van der Waals surface area contributed by atoms with Crippen molar-refractivity contribution in [2.75, 3.05) is 66.6 Å². The average Bonchev–Trinajstić information content (AvgIpc) is 3.28. The number of hydrogen-bond donors (Lipinski definition) is 0. The van der Waals surface area contributed by atoms with E-state index in [0.717, 1.165) is 65.3 Å². The first kappa shape index (κ1) is 16.2. The summed E-state index contributed by atoms with van der Waals surface area (Å²) in [5.74, 6) is 0.669. The predicted octanol–water partition coefficient (Wildman–Crippen LogP) is 0.899. The zero-order chi connectivity index (χ0) is 15.6. The zero-order valence-electron chi connectivity index (χ0n) is 14.2. The van der Waals surface area contributed by atoms with E-state index in [2.05, 4.69) is 21.7 Å². The van der Waals surface area contributed by atoms with Crippen LogP contribution in [0.1, 0.15) is 25.7 Å². The van der Waals surface area contributed by atoms with E-state index in [-0.39, 0.29) is 5.92 Å². The monoisotopic (exact) mass is 309 g/mol. The van der Waals surface area contributed by atoms with Crippen molar-refractivity contribution >= 4 is 5.91 Å². The fourth-order valence-electron chi connectivity index (χ4n) is 3.93. The molecule has 126 valence electrons. The number of likely N-dealkylation sites (N-methyl/N-ethyl adjacent to an activating group) is 1. The molecule has 5 nitrogen and oxygen atoms in total. The van der Waals surface area contributed by atoms with Crippen molar-refractivity contribution in [3.05, 3.63) is 0 Å². The quantitative estimate of drug-likeness (QED) is 0.756. The topological polar surface area (TPSA) is 36.0 Å². The number of amides is 1. The molecule has 0 aromatic heterocycles. The summed E-state index contributed by atoms with van der Waals surface area (Å²) in [6, 6.07) is 0. The van der Waals surface area contributed by atoms with E-state index in [9.17, 15) is 4.79 Å². The maximum absolute atomic E-state index is 12.6. The first-order valence-corrected chi connectivity index (χ1v) is 8.80. The number of likely N-dealkylation sites (tertiary alicyclic amines) is 1. The van der Waals surface area contributed by atoms with Crippen LogP contribution in [-0.2, 0) is 9.53 Å². The maximum Gasteiger partial charge on any atom is 0.225 e. The van der Waals surface area contributed by atoms with Gasteiger partial charge in [-0.15, -0.1) is 0 Å². The summed E-state index contributed by atoms with van der Waals surface area (Å²) in [5.41, 5.74) is 0.434. The Kier molecular flexibility index (Phi) is 5.05. The summed E-state index contributed by atoms with van der Waals surface area (Å²) in [5, 5.41) is 0. The summed E-state index contributed by atoms with van der Waals surface area (Å²) in [7, 11) is 3.94. The lowest BCUT2D eigenvalue weighted by Crippen LogP contribution is -2.50. The normalized spacial score (nSPS) is 27.1. The van der Waals surface area contributed by atoms with E-state index in [0.29, 0.717) is 11.3 Å². The van der Waals surface area contributed by atoms with E-state index < -0.39 is 0 Å². The van der Waals surface area contributed by atoms with E-state index in [1.165, 1.54) is 12.8 Å².